The summed E-state index contributed by atoms with van der Waals surface area (Å²) in [6.45, 7) is 6.83. The smallest absolute Gasteiger partial charge is 0.271 e. The number of hydrogen-bond donors (Lipinski definition) is 0. The van der Waals surface area contributed by atoms with E-state index in [1.165, 1.54) is 27.4 Å². The molecular weight excluding hydrogens is 442 g/mol. The summed E-state index contributed by atoms with van der Waals surface area (Å²) in [7, 11) is 3.14. The maximum Gasteiger partial charge on any atom is 0.271 e. The number of aromatic nitrogens is 1. The Kier molecular flexibility index (Phi) is 7.25. The van der Waals surface area contributed by atoms with Crippen molar-refractivity contribution in [3.63, 3.8) is 0 Å². The molecule has 0 radical (unpaired) electrons. The lowest BCUT2D eigenvalue weighted by Gasteiger charge is -2.37. The molecule has 182 valence electrons. The molecule has 0 aliphatic carbocycles. The van der Waals surface area contributed by atoms with Crippen LogP contribution in [0.25, 0.3) is 11.8 Å². The third-order valence-electron chi connectivity index (χ3n) is 6.50. The number of benzene rings is 2. The fourth-order valence-electron chi connectivity index (χ4n) is 4.35. The Bertz CT molecular complexity index is 1300. The lowest BCUT2D eigenvalue weighted by molar-refractivity contribution is -0.125. The van der Waals surface area contributed by atoms with E-state index in [9.17, 15) is 9.59 Å². The predicted molar refractivity (Wildman–Crippen MR) is 139 cm³/mol. The standard InChI is InChI=1S/C28H31N3O4/c1-20-8-7-9-23(21(20)2)29-14-16-30(17-15-29)28(33)24(31-13-6-5-10-27(31)32)18-22-11-12-25(34-3)26(19-22)35-4/h5-13,18-19H,14-17H2,1-4H3/b24-18+. The molecule has 0 atom stereocenters. The van der Waals surface area contributed by atoms with E-state index in [2.05, 4.69) is 36.9 Å². The van der Waals surface area contributed by atoms with Crippen molar-refractivity contribution in [1.82, 2.24) is 9.47 Å². The number of anilines is 1. The lowest BCUT2D eigenvalue weighted by Crippen LogP contribution is -2.49. The van der Waals surface area contributed by atoms with Crippen molar-refractivity contribution in [3.05, 3.63) is 87.8 Å². The summed E-state index contributed by atoms with van der Waals surface area (Å²) in [5.74, 6) is 0.960. The second-order valence-electron chi connectivity index (χ2n) is 8.55. The quantitative estimate of drug-likeness (QED) is 0.509. The van der Waals surface area contributed by atoms with Gasteiger partial charge in [-0.15, -0.1) is 0 Å². The van der Waals surface area contributed by atoms with Crippen LogP contribution in [0.5, 0.6) is 11.5 Å². The molecule has 7 nitrogen and oxygen atoms in total. The number of hydrogen-bond acceptors (Lipinski definition) is 5. The Morgan fingerprint density at radius 3 is 2.31 bits per heavy atom. The van der Waals surface area contributed by atoms with E-state index in [4.69, 9.17) is 9.47 Å². The molecule has 35 heavy (non-hydrogen) atoms. The number of carbonyl (C=O) groups excluding carboxylic acids is 1. The molecular formula is C28H31N3O4. The molecule has 0 saturated carbocycles. The van der Waals surface area contributed by atoms with Gasteiger partial charge in [-0.3, -0.25) is 14.2 Å². The second kappa shape index (κ2) is 10.5. The molecule has 0 bridgehead atoms. The average molecular weight is 474 g/mol. The van der Waals surface area contributed by atoms with E-state index < -0.39 is 0 Å². The summed E-state index contributed by atoms with van der Waals surface area (Å²) >= 11 is 0. The molecule has 2 aromatic carbocycles. The SMILES string of the molecule is COc1ccc(/C=C(\C(=O)N2CCN(c3cccc(C)c3C)CC2)n2ccccc2=O)cc1OC. The summed E-state index contributed by atoms with van der Waals surface area (Å²) in [5.41, 5.74) is 4.49. The minimum Gasteiger partial charge on any atom is -0.493 e. The van der Waals surface area contributed by atoms with Crippen LogP contribution < -0.4 is 19.9 Å². The van der Waals surface area contributed by atoms with Gasteiger partial charge in [0.05, 0.1) is 14.2 Å². The highest BCUT2D eigenvalue weighted by atomic mass is 16.5. The topological polar surface area (TPSA) is 64.0 Å². The van der Waals surface area contributed by atoms with Crippen LogP contribution in [0.1, 0.15) is 16.7 Å². The van der Waals surface area contributed by atoms with Crippen molar-refractivity contribution in [2.45, 2.75) is 13.8 Å². The molecule has 1 saturated heterocycles. The molecule has 0 unspecified atom stereocenters. The van der Waals surface area contributed by atoms with Gasteiger partial charge in [-0.2, -0.15) is 0 Å². The first-order valence-electron chi connectivity index (χ1n) is 11.6. The number of nitrogens with zero attached hydrogens (tertiary/aromatic N) is 3. The zero-order chi connectivity index (χ0) is 24.9. The van der Waals surface area contributed by atoms with Crippen LogP contribution in [0.3, 0.4) is 0 Å². The minimum absolute atomic E-state index is 0.186. The van der Waals surface area contributed by atoms with Gasteiger partial charge in [-0.05, 0) is 60.9 Å². The van der Waals surface area contributed by atoms with E-state index in [0.29, 0.717) is 30.3 Å². The number of piperazine rings is 1. The van der Waals surface area contributed by atoms with Gasteiger partial charge in [0.1, 0.15) is 5.70 Å². The maximum absolute atomic E-state index is 13.7. The fraction of sp³-hybridized carbons (Fsp3) is 0.286. The molecule has 0 spiro atoms. The normalized spacial score (nSPS) is 14.1. The third-order valence-corrected chi connectivity index (χ3v) is 6.50. The lowest BCUT2D eigenvalue weighted by atomic mass is 10.1. The van der Waals surface area contributed by atoms with Gasteiger partial charge in [-0.1, -0.05) is 24.3 Å². The van der Waals surface area contributed by atoms with Gasteiger partial charge in [0, 0.05) is 44.1 Å². The number of amides is 1. The van der Waals surface area contributed by atoms with Crippen LogP contribution in [0, 0.1) is 13.8 Å². The number of methoxy groups -OCH3 is 2. The van der Waals surface area contributed by atoms with E-state index in [1.54, 1.807) is 50.8 Å². The van der Waals surface area contributed by atoms with Crippen molar-refractivity contribution < 1.29 is 14.3 Å². The molecule has 1 amide bonds. The summed E-state index contributed by atoms with van der Waals surface area (Å²) in [4.78, 5) is 30.5. The zero-order valence-corrected chi connectivity index (χ0v) is 20.7. The van der Waals surface area contributed by atoms with Crippen LogP contribution >= 0.6 is 0 Å². The van der Waals surface area contributed by atoms with Gasteiger partial charge in [0.25, 0.3) is 11.5 Å². The van der Waals surface area contributed by atoms with Gasteiger partial charge >= 0.3 is 0 Å². The first-order valence-corrected chi connectivity index (χ1v) is 11.6. The molecule has 4 rings (SSSR count). The highest BCUT2D eigenvalue weighted by molar-refractivity contribution is 6.18. The number of aryl methyl sites for hydroxylation is 1. The second-order valence-corrected chi connectivity index (χ2v) is 8.55. The molecule has 0 N–H and O–H groups in total. The van der Waals surface area contributed by atoms with Crippen molar-refractivity contribution in [2.24, 2.45) is 0 Å². The van der Waals surface area contributed by atoms with Crippen LogP contribution in [0.15, 0.2) is 65.6 Å². The molecule has 1 fully saturated rings. The Labute approximate surface area is 205 Å². The van der Waals surface area contributed by atoms with E-state index in [0.717, 1.165) is 18.7 Å². The van der Waals surface area contributed by atoms with Crippen LogP contribution in [0.4, 0.5) is 5.69 Å². The van der Waals surface area contributed by atoms with E-state index in [-0.39, 0.29) is 11.5 Å². The number of ether oxygens (including phenoxy) is 2. The Balaban J connectivity index is 1.63. The predicted octanol–water partition coefficient (Wildman–Crippen LogP) is 3.83. The first-order chi connectivity index (χ1) is 16.9. The minimum atomic E-state index is -0.262. The van der Waals surface area contributed by atoms with E-state index in [1.807, 2.05) is 11.0 Å². The summed E-state index contributed by atoms with van der Waals surface area (Å²) in [6.07, 6.45) is 3.35. The molecule has 1 aliphatic rings. The fourth-order valence-corrected chi connectivity index (χ4v) is 4.35. The number of carbonyl (C=O) groups is 1. The van der Waals surface area contributed by atoms with Crippen molar-refractivity contribution >= 4 is 23.4 Å². The van der Waals surface area contributed by atoms with E-state index >= 15 is 0 Å². The highest BCUT2D eigenvalue weighted by Crippen LogP contribution is 2.29. The summed E-state index contributed by atoms with van der Waals surface area (Å²) in [6, 6.07) is 16.6. The van der Waals surface area contributed by atoms with Gasteiger partial charge in [0.15, 0.2) is 11.5 Å². The first kappa shape index (κ1) is 24.1. The molecule has 1 aromatic heterocycles. The van der Waals surface area contributed by atoms with Crippen molar-refractivity contribution in [2.75, 3.05) is 45.3 Å². The molecule has 1 aliphatic heterocycles. The summed E-state index contributed by atoms with van der Waals surface area (Å²) in [5, 5.41) is 0. The maximum atomic E-state index is 13.7. The van der Waals surface area contributed by atoms with Gasteiger partial charge in [0.2, 0.25) is 0 Å². The van der Waals surface area contributed by atoms with Crippen molar-refractivity contribution in [1.29, 1.82) is 0 Å². The Morgan fingerprint density at radius 1 is 0.886 bits per heavy atom. The monoisotopic (exact) mass is 473 g/mol. The molecule has 2 heterocycles. The van der Waals surface area contributed by atoms with Crippen LogP contribution in [0.2, 0.25) is 0 Å². The average Bonchev–Trinajstić information content (AvgIpc) is 2.89. The molecule has 7 heteroatoms. The Hall–Kier alpha value is -4.00. The summed E-state index contributed by atoms with van der Waals surface area (Å²) < 4.78 is 12.1. The third kappa shape index (κ3) is 5.09. The zero-order valence-electron chi connectivity index (χ0n) is 20.7. The number of pyridine rings is 1. The highest BCUT2D eigenvalue weighted by Gasteiger charge is 2.26. The van der Waals surface area contributed by atoms with Crippen LogP contribution in [-0.4, -0.2) is 55.8 Å². The Morgan fingerprint density at radius 2 is 1.63 bits per heavy atom. The number of rotatable bonds is 6. The van der Waals surface area contributed by atoms with Crippen molar-refractivity contribution in [3.8, 4) is 11.5 Å². The molecule has 3 aromatic rings. The largest absolute Gasteiger partial charge is 0.493 e. The van der Waals surface area contributed by atoms with Gasteiger partial charge < -0.3 is 19.3 Å². The van der Waals surface area contributed by atoms with Crippen LogP contribution in [-0.2, 0) is 4.79 Å². The van der Waals surface area contributed by atoms with Gasteiger partial charge in [-0.25, -0.2) is 0 Å².